The lowest BCUT2D eigenvalue weighted by molar-refractivity contribution is -0.132. The maximum Gasteiger partial charge on any atom is 0.269 e. The molecule has 2 aliphatic heterocycles. The molecule has 0 aromatic rings. The third-order valence-electron chi connectivity index (χ3n) is 1.99. The lowest BCUT2D eigenvalue weighted by Crippen LogP contribution is -2.33. The van der Waals surface area contributed by atoms with Crippen LogP contribution in [0.4, 0.5) is 0 Å². The maximum absolute atomic E-state index is 11.5. The van der Waals surface area contributed by atoms with Gasteiger partial charge in [0.2, 0.25) is 0 Å². The molecule has 2 rings (SSSR count). The standard InChI is InChI=1S/C7H7N5O2/c1-12-7(14)3-2-9-5(6(8)13)4(3)10-11-12/h2-3H,1H3,(H2,8,13). The van der Waals surface area contributed by atoms with Gasteiger partial charge >= 0.3 is 0 Å². The fourth-order valence-electron chi connectivity index (χ4n) is 1.27. The summed E-state index contributed by atoms with van der Waals surface area (Å²) in [6, 6.07) is 0. The Bertz CT molecular complexity index is 408. The first-order valence-electron chi connectivity index (χ1n) is 3.88. The molecule has 14 heavy (non-hydrogen) atoms. The topological polar surface area (TPSA) is 100 Å². The Labute approximate surface area is 79.0 Å². The molecule has 1 atom stereocenters. The summed E-state index contributed by atoms with van der Waals surface area (Å²) in [6.45, 7) is 0. The summed E-state index contributed by atoms with van der Waals surface area (Å²) in [5.41, 5.74) is 5.30. The zero-order valence-corrected chi connectivity index (χ0v) is 7.34. The molecule has 0 saturated carbocycles. The second-order valence-electron chi connectivity index (χ2n) is 2.91. The van der Waals surface area contributed by atoms with Gasteiger partial charge < -0.3 is 5.73 Å². The monoisotopic (exact) mass is 193 g/mol. The minimum absolute atomic E-state index is 0.0141. The van der Waals surface area contributed by atoms with Crippen molar-refractivity contribution in [3.8, 4) is 0 Å². The van der Waals surface area contributed by atoms with E-state index in [2.05, 4.69) is 15.3 Å². The van der Waals surface area contributed by atoms with Gasteiger partial charge in [-0.25, -0.2) is 5.01 Å². The summed E-state index contributed by atoms with van der Waals surface area (Å²) in [5.74, 6) is -1.58. The van der Waals surface area contributed by atoms with Gasteiger partial charge in [-0.05, 0) is 0 Å². The van der Waals surface area contributed by atoms with Crippen LogP contribution in [0.1, 0.15) is 0 Å². The van der Waals surface area contributed by atoms with E-state index in [1.54, 1.807) is 0 Å². The van der Waals surface area contributed by atoms with Crippen molar-refractivity contribution in [2.75, 3.05) is 7.05 Å². The molecule has 1 unspecified atom stereocenters. The molecule has 7 nitrogen and oxygen atoms in total. The number of carbonyl (C=O) groups excluding carboxylic acids is 2. The van der Waals surface area contributed by atoms with E-state index in [4.69, 9.17) is 5.73 Å². The van der Waals surface area contributed by atoms with E-state index in [-0.39, 0.29) is 17.3 Å². The van der Waals surface area contributed by atoms with Gasteiger partial charge in [0.25, 0.3) is 11.8 Å². The van der Waals surface area contributed by atoms with E-state index in [0.29, 0.717) is 0 Å². The van der Waals surface area contributed by atoms with Gasteiger partial charge in [0.1, 0.15) is 11.6 Å². The number of nitrogens with two attached hydrogens (primary N) is 1. The van der Waals surface area contributed by atoms with Crippen molar-refractivity contribution < 1.29 is 9.59 Å². The molecule has 2 aliphatic rings. The molecular weight excluding hydrogens is 186 g/mol. The Balaban J connectivity index is 2.49. The molecule has 0 fully saturated rings. The molecular formula is C7H7N5O2. The highest BCUT2D eigenvalue weighted by Crippen LogP contribution is 2.28. The van der Waals surface area contributed by atoms with Crippen molar-refractivity contribution in [2.24, 2.45) is 27.0 Å². The first-order chi connectivity index (χ1) is 6.61. The fraction of sp³-hybridized carbons (Fsp3) is 0.286. The molecule has 0 aliphatic carbocycles. The molecule has 72 valence electrons. The number of aliphatic imine (C=N–C) groups is 1. The predicted octanol–water partition coefficient (Wildman–Crippen LogP) is -0.777. The third kappa shape index (κ3) is 1.02. The normalized spacial score (nSPS) is 24.5. The number of carbonyl (C=O) groups is 2. The Morgan fingerprint density at radius 1 is 1.64 bits per heavy atom. The maximum atomic E-state index is 11.5. The molecule has 2 heterocycles. The minimum atomic E-state index is -0.699. The van der Waals surface area contributed by atoms with E-state index in [1.807, 2.05) is 0 Å². The van der Waals surface area contributed by atoms with Gasteiger partial charge in [-0.1, -0.05) is 5.22 Å². The number of amides is 2. The number of hydrogen-bond acceptors (Lipinski definition) is 5. The summed E-state index contributed by atoms with van der Waals surface area (Å²) >= 11 is 0. The number of rotatable bonds is 1. The first-order valence-corrected chi connectivity index (χ1v) is 3.88. The molecule has 0 radical (unpaired) electrons. The van der Waals surface area contributed by atoms with Crippen molar-refractivity contribution >= 4 is 18.0 Å². The lowest BCUT2D eigenvalue weighted by atomic mass is 10.1. The average Bonchev–Trinajstić information content (AvgIpc) is 2.55. The number of primary amides is 1. The van der Waals surface area contributed by atoms with Crippen LogP contribution >= 0.6 is 0 Å². The first kappa shape index (κ1) is 8.54. The van der Waals surface area contributed by atoms with Crippen LogP contribution in [0.3, 0.4) is 0 Å². The van der Waals surface area contributed by atoms with Crippen LogP contribution in [0.5, 0.6) is 0 Å². The third-order valence-corrected chi connectivity index (χ3v) is 1.99. The van der Waals surface area contributed by atoms with Crippen LogP contribution in [0.15, 0.2) is 26.7 Å². The molecule has 0 spiro atoms. The van der Waals surface area contributed by atoms with Gasteiger partial charge in [-0.2, -0.15) is 0 Å². The Hall–Kier alpha value is -2.05. The second kappa shape index (κ2) is 2.72. The van der Waals surface area contributed by atoms with Gasteiger partial charge in [0, 0.05) is 13.3 Å². The second-order valence-corrected chi connectivity index (χ2v) is 2.91. The van der Waals surface area contributed by atoms with Crippen LogP contribution in [0, 0.1) is 5.92 Å². The van der Waals surface area contributed by atoms with E-state index in [1.165, 1.54) is 13.3 Å². The summed E-state index contributed by atoms with van der Waals surface area (Å²) in [4.78, 5) is 26.1. The Morgan fingerprint density at radius 3 is 3.00 bits per heavy atom. The van der Waals surface area contributed by atoms with Crippen molar-refractivity contribution in [1.82, 2.24) is 5.01 Å². The predicted molar refractivity (Wildman–Crippen MR) is 45.8 cm³/mol. The van der Waals surface area contributed by atoms with E-state index in [9.17, 15) is 9.59 Å². The summed E-state index contributed by atoms with van der Waals surface area (Å²) < 4.78 is 0. The quantitative estimate of drug-likeness (QED) is 0.590. The lowest BCUT2D eigenvalue weighted by Gasteiger charge is -2.18. The van der Waals surface area contributed by atoms with Gasteiger partial charge in [-0.15, -0.1) is 5.11 Å². The number of nitrogens with zero attached hydrogens (tertiary/aromatic N) is 4. The largest absolute Gasteiger partial charge is 0.364 e. The summed E-state index contributed by atoms with van der Waals surface area (Å²) in [5, 5.41) is 8.36. The van der Waals surface area contributed by atoms with Crippen LogP contribution in [0.2, 0.25) is 0 Å². The van der Waals surface area contributed by atoms with E-state index >= 15 is 0 Å². The molecule has 0 saturated heterocycles. The summed E-state index contributed by atoms with van der Waals surface area (Å²) in [6.07, 6.45) is 1.35. The number of fused-ring (bicyclic) bond motifs is 1. The molecule has 2 amide bonds. The molecule has 0 aromatic carbocycles. The highest BCUT2D eigenvalue weighted by molar-refractivity contribution is 6.05. The van der Waals surface area contributed by atoms with Gasteiger partial charge in [0.15, 0.2) is 5.70 Å². The van der Waals surface area contributed by atoms with E-state index < -0.39 is 11.8 Å². The summed E-state index contributed by atoms with van der Waals surface area (Å²) in [7, 11) is 1.48. The smallest absolute Gasteiger partial charge is 0.269 e. The molecule has 2 N–H and O–H groups in total. The number of hydrogen-bond donors (Lipinski definition) is 1. The molecule has 7 heteroatoms. The van der Waals surface area contributed by atoms with E-state index in [0.717, 1.165) is 5.01 Å². The molecule has 0 bridgehead atoms. The van der Waals surface area contributed by atoms with Gasteiger partial charge in [-0.3, -0.25) is 14.6 Å². The minimum Gasteiger partial charge on any atom is -0.364 e. The van der Waals surface area contributed by atoms with Crippen molar-refractivity contribution in [2.45, 2.75) is 0 Å². The van der Waals surface area contributed by atoms with Gasteiger partial charge in [0.05, 0.1) is 0 Å². The Kier molecular flexibility index (Phi) is 1.66. The average molecular weight is 193 g/mol. The fourth-order valence-corrected chi connectivity index (χ4v) is 1.27. The van der Waals surface area contributed by atoms with Crippen molar-refractivity contribution in [3.63, 3.8) is 0 Å². The zero-order valence-electron chi connectivity index (χ0n) is 7.34. The van der Waals surface area contributed by atoms with Crippen molar-refractivity contribution in [3.05, 3.63) is 11.4 Å². The highest BCUT2D eigenvalue weighted by Gasteiger charge is 2.36. The Morgan fingerprint density at radius 2 is 2.36 bits per heavy atom. The SMILES string of the molecule is CN1N=NC2=C(C(N)=O)N=CC2C1=O. The zero-order chi connectivity index (χ0) is 10.3. The van der Waals surface area contributed by atoms with Crippen LogP contribution in [0.25, 0.3) is 0 Å². The van der Waals surface area contributed by atoms with Crippen LogP contribution < -0.4 is 5.73 Å². The van der Waals surface area contributed by atoms with Crippen LogP contribution in [-0.2, 0) is 9.59 Å². The molecule has 0 aromatic heterocycles. The van der Waals surface area contributed by atoms with Crippen molar-refractivity contribution in [1.29, 1.82) is 0 Å². The highest BCUT2D eigenvalue weighted by atomic mass is 16.2. The van der Waals surface area contributed by atoms with Crippen LogP contribution in [-0.4, -0.2) is 30.1 Å².